The number of benzene rings is 3. The zero-order valence-electron chi connectivity index (χ0n) is 31.4. The van der Waals surface area contributed by atoms with Gasteiger partial charge in [-0.05, 0) is 48.4 Å². The first-order chi connectivity index (χ1) is 26.9. The summed E-state index contributed by atoms with van der Waals surface area (Å²) in [7, 11) is 3.34. The molecule has 1 fully saturated rings. The highest BCUT2D eigenvalue weighted by molar-refractivity contribution is 5.98. The molecule has 12 heteroatoms. The number of nitrogens with zero attached hydrogens (tertiary/aromatic N) is 5. The summed E-state index contributed by atoms with van der Waals surface area (Å²) in [6, 6.07) is 31.0. The summed E-state index contributed by atoms with van der Waals surface area (Å²) in [6.07, 6.45) is 4.41. The van der Waals surface area contributed by atoms with Gasteiger partial charge in [0.25, 0.3) is 5.91 Å². The van der Waals surface area contributed by atoms with Crippen LogP contribution in [0.15, 0.2) is 131 Å². The van der Waals surface area contributed by atoms with Crippen LogP contribution in [0.25, 0.3) is 5.70 Å². The number of carbonyl (C=O) groups excluding carboxylic acids is 2. The van der Waals surface area contributed by atoms with Crippen LogP contribution in [-0.4, -0.2) is 110 Å². The van der Waals surface area contributed by atoms with Gasteiger partial charge in [0.15, 0.2) is 0 Å². The molecule has 12 nitrogen and oxygen atoms in total. The monoisotopic (exact) mass is 744 g/mol. The minimum Gasteiger partial charge on any atom is -0.497 e. The number of allylic oxidation sites excluding steroid dienone is 1. The predicted octanol–water partition coefficient (Wildman–Crippen LogP) is 5.86. The molecule has 286 valence electrons. The van der Waals surface area contributed by atoms with Crippen molar-refractivity contribution in [3.63, 3.8) is 0 Å². The third-order valence-electron chi connectivity index (χ3n) is 9.99. The fourth-order valence-electron chi connectivity index (χ4n) is 6.92. The summed E-state index contributed by atoms with van der Waals surface area (Å²) in [5.74, 6) is 1.65. The van der Waals surface area contributed by atoms with E-state index < -0.39 is 6.09 Å². The number of hydrogen-bond acceptors (Lipinski definition) is 10. The van der Waals surface area contributed by atoms with Crippen LogP contribution in [0.1, 0.15) is 33.7 Å². The Balaban J connectivity index is 1.15. The van der Waals surface area contributed by atoms with Crippen LogP contribution in [0.4, 0.5) is 4.79 Å². The maximum absolute atomic E-state index is 14.4. The second-order valence-corrected chi connectivity index (χ2v) is 13.8. The van der Waals surface area contributed by atoms with E-state index in [1.807, 2.05) is 71.8 Å². The molecule has 0 spiro atoms. The maximum atomic E-state index is 14.4. The molecule has 0 bridgehead atoms. The fraction of sp³-hybridized carbons (Fsp3) is 0.326. The zero-order chi connectivity index (χ0) is 38.0. The molecule has 55 heavy (non-hydrogen) atoms. The number of nitrogens with one attached hydrogen (secondary N) is 1. The Bertz CT molecular complexity index is 1970. The Morgan fingerprint density at radius 1 is 0.891 bits per heavy atom. The Morgan fingerprint density at radius 2 is 1.64 bits per heavy atom. The zero-order valence-corrected chi connectivity index (χ0v) is 31.4. The van der Waals surface area contributed by atoms with Crippen LogP contribution in [0.2, 0.25) is 0 Å². The second-order valence-electron chi connectivity index (χ2n) is 13.8. The SMILES string of the molecule is COc1ccc(C(=O)N(C)CCN(CCCN2CCOCC2)C(=O)OC2=C(Cc3ccco3)NC3C(Cc4ccccc4)=NC(c4ccccc4)=CN23)cc1. The van der Waals surface area contributed by atoms with Crippen molar-refractivity contribution in [3.8, 4) is 5.75 Å². The molecule has 3 aliphatic rings. The quantitative estimate of drug-likeness (QED) is 0.160. The third kappa shape index (κ3) is 9.45. The van der Waals surface area contributed by atoms with Gasteiger partial charge in [0.2, 0.25) is 5.88 Å². The van der Waals surface area contributed by atoms with E-state index in [1.165, 1.54) is 0 Å². The lowest BCUT2D eigenvalue weighted by molar-refractivity contribution is 0.0356. The number of carbonyl (C=O) groups is 2. The van der Waals surface area contributed by atoms with Crippen molar-refractivity contribution in [2.24, 2.45) is 4.99 Å². The highest BCUT2D eigenvalue weighted by Gasteiger charge is 2.39. The van der Waals surface area contributed by atoms with E-state index in [0.29, 0.717) is 62.0 Å². The summed E-state index contributed by atoms with van der Waals surface area (Å²) in [4.78, 5) is 40.6. The van der Waals surface area contributed by atoms with E-state index in [-0.39, 0.29) is 18.6 Å². The standard InChI is InChI=1S/C43H48N6O6/c1-46(41(50)34-16-18-35(52-2)19-17-34)22-23-48(21-10-20-47-24-27-53-28-25-47)43(51)55-42-38(30-36-15-9-26-54-36)45-40-37(29-32-11-5-3-6-12-32)44-39(31-49(40)42)33-13-7-4-8-14-33/h3-9,11-19,26,31,40,45H,10,20-25,27-30H2,1-2H3. The van der Waals surface area contributed by atoms with Crippen LogP contribution < -0.4 is 10.1 Å². The van der Waals surface area contributed by atoms with E-state index in [1.54, 1.807) is 54.5 Å². The summed E-state index contributed by atoms with van der Waals surface area (Å²) in [5, 5.41) is 3.64. The number of ether oxygens (including phenoxy) is 3. The van der Waals surface area contributed by atoms with Crippen LogP contribution in [0, 0.1) is 0 Å². The minimum absolute atomic E-state index is 0.146. The molecule has 1 unspecified atom stereocenters. The summed E-state index contributed by atoms with van der Waals surface area (Å²) in [6.45, 7) is 4.98. The number of furan rings is 1. The molecule has 1 aromatic heterocycles. The first-order valence-electron chi connectivity index (χ1n) is 18.8. The van der Waals surface area contributed by atoms with Gasteiger partial charge in [0.1, 0.15) is 17.7 Å². The summed E-state index contributed by atoms with van der Waals surface area (Å²) in [5.41, 5.74) is 4.97. The number of hydrogen-bond donors (Lipinski definition) is 1. The van der Waals surface area contributed by atoms with Crippen LogP contribution in [0.3, 0.4) is 0 Å². The first-order valence-corrected chi connectivity index (χ1v) is 18.8. The average molecular weight is 745 g/mol. The number of methoxy groups -OCH3 is 1. The molecule has 1 saturated heterocycles. The first kappa shape index (κ1) is 37.5. The highest BCUT2D eigenvalue weighted by atomic mass is 16.6. The normalized spacial score (nSPS) is 16.8. The van der Waals surface area contributed by atoms with E-state index >= 15 is 0 Å². The molecule has 0 radical (unpaired) electrons. The van der Waals surface area contributed by atoms with Gasteiger partial charge in [-0.25, -0.2) is 4.79 Å². The van der Waals surface area contributed by atoms with Gasteiger partial charge in [-0.2, -0.15) is 0 Å². The predicted molar refractivity (Wildman–Crippen MR) is 210 cm³/mol. The van der Waals surface area contributed by atoms with Crippen molar-refractivity contribution >= 4 is 23.4 Å². The average Bonchev–Trinajstić information content (AvgIpc) is 3.87. The van der Waals surface area contributed by atoms with Gasteiger partial charge < -0.3 is 33.7 Å². The number of likely N-dealkylation sites (N-methyl/N-ethyl adjacent to an activating group) is 1. The molecule has 3 aliphatic heterocycles. The number of rotatable bonds is 15. The van der Waals surface area contributed by atoms with Crippen molar-refractivity contribution in [3.05, 3.63) is 144 Å². The lowest BCUT2D eigenvalue weighted by Gasteiger charge is -2.32. The largest absolute Gasteiger partial charge is 0.497 e. The topological polar surface area (TPSA) is 112 Å². The highest BCUT2D eigenvalue weighted by Crippen LogP contribution is 2.33. The smallest absolute Gasteiger partial charge is 0.416 e. The van der Waals surface area contributed by atoms with Crippen molar-refractivity contribution in [1.29, 1.82) is 0 Å². The molecule has 0 aliphatic carbocycles. The Morgan fingerprint density at radius 3 is 2.35 bits per heavy atom. The Labute approximate surface area is 322 Å². The van der Waals surface area contributed by atoms with Gasteiger partial charge in [-0.3, -0.25) is 19.6 Å². The number of morpholine rings is 1. The molecule has 2 amide bonds. The lowest BCUT2D eigenvalue weighted by Crippen LogP contribution is -2.45. The van der Waals surface area contributed by atoms with E-state index in [9.17, 15) is 9.59 Å². The Hall–Kier alpha value is -5.85. The minimum atomic E-state index is -0.497. The molecule has 1 N–H and O–H groups in total. The van der Waals surface area contributed by atoms with Gasteiger partial charge in [0.05, 0.1) is 50.1 Å². The number of fused-ring (bicyclic) bond motifs is 1. The second kappa shape index (κ2) is 18.0. The van der Waals surface area contributed by atoms with Gasteiger partial charge >= 0.3 is 6.09 Å². The molecule has 4 heterocycles. The molecule has 4 aromatic rings. The van der Waals surface area contributed by atoms with Crippen molar-refractivity contribution < 1.29 is 28.2 Å². The van der Waals surface area contributed by atoms with E-state index in [4.69, 9.17) is 23.6 Å². The van der Waals surface area contributed by atoms with Crippen molar-refractivity contribution in [1.82, 2.24) is 24.9 Å². The van der Waals surface area contributed by atoms with Crippen molar-refractivity contribution in [2.75, 3.05) is 66.6 Å². The van der Waals surface area contributed by atoms with Crippen LogP contribution >= 0.6 is 0 Å². The molecule has 1 atom stereocenters. The molecule has 0 saturated carbocycles. The van der Waals surface area contributed by atoms with Gasteiger partial charge in [-0.1, -0.05) is 60.7 Å². The summed E-state index contributed by atoms with van der Waals surface area (Å²) >= 11 is 0. The fourth-order valence-corrected chi connectivity index (χ4v) is 6.92. The van der Waals surface area contributed by atoms with E-state index in [0.717, 1.165) is 54.4 Å². The van der Waals surface area contributed by atoms with Gasteiger partial charge in [0, 0.05) is 70.1 Å². The van der Waals surface area contributed by atoms with Gasteiger partial charge in [-0.15, -0.1) is 0 Å². The third-order valence-corrected chi connectivity index (χ3v) is 9.99. The molecule has 7 rings (SSSR count). The van der Waals surface area contributed by atoms with Crippen LogP contribution in [-0.2, 0) is 22.3 Å². The molecular weight excluding hydrogens is 697 g/mol. The Kier molecular flexibility index (Phi) is 12.3. The number of amides is 2. The maximum Gasteiger partial charge on any atom is 0.416 e. The number of aliphatic imine (C=N–C) groups is 1. The molecular formula is C43H48N6O6. The molecule has 3 aromatic carbocycles. The van der Waals surface area contributed by atoms with E-state index in [2.05, 4.69) is 22.3 Å². The summed E-state index contributed by atoms with van der Waals surface area (Å²) < 4.78 is 23.0. The van der Waals surface area contributed by atoms with Crippen molar-refractivity contribution in [2.45, 2.75) is 25.4 Å². The van der Waals surface area contributed by atoms with Crippen LogP contribution in [0.5, 0.6) is 5.75 Å². The lowest BCUT2D eigenvalue weighted by atomic mass is 10.0.